The van der Waals surface area contributed by atoms with E-state index in [1.165, 1.54) is 70.5 Å². The summed E-state index contributed by atoms with van der Waals surface area (Å²) in [6, 6.07) is 3.95. The van der Waals surface area contributed by atoms with Crippen molar-refractivity contribution in [2.24, 2.45) is 46.3 Å². The Morgan fingerprint density at radius 3 is 1.77 bits per heavy atom. The second kappa shape index (κ2) is 49.4. The molecule has 4 aliphatic rings. The van der Waals surface area contributed by atoms with Crippen molar-refractivity contribution in [3.05, 3.63) is 120 Å². The number of unbranched alkanes of at least 4 members (excludes halogenated alkanes) is 2. The van der Waals surface area contributed by atoms with Crippen molar-refractivity contribution in [2.75, 3.05) is 64.9 Å². The minimum absolute atomic E-state index is 0.0241. The summed E-state index contributed by atoms with van der Waals surface area (Å²) in [5, 5.41) is 53.5. The Hall–Kier alpha value is -12.4. The van der Waals surface area contributed by atoms with Crippen LogP contribution in [0.3, 0.4) is 0 Å². The molecule has 0 spiro atoms. The first kappa shape index (κ1) is 106. The molecule has 15 atom stereocenters. The monoisotopic (exact) mass is 1900 g/mol. The number of Topliss-reactive ketones (excluding diaryl/α,β-unsaturated/α-hetero) is 3. The number of aromatic nitrogens is 4. The molecule has 136 heavy (non-hydrogen) atoms. The largest absolute Gasteiger partial charge is 0.508 e. The number of phenolic OH excluding ortho intramolecular Hbond substituents is 1. The zero-order chi connectivity index (χ0) is 98.9. The van der Waals surface area contributed by atoms with Crippen LogP contribution in [0.15, 0.2) is 97.7 Å². The molecule has 39 nitrogen and oxygen atoms in total. The van der Waals surface area contributed by atoms with E-state index in [-0.39, 0.29) is 121 Å². The molecule has 4 saturated heterocycles. The Labute approximate surface area is 794 Å². The number of carbonyl (C=O) groups is 17. The van der Waals surface area contributed by atoms with E-state index in [0.717, 1.165) is 16.7 Å². The number of nitrogens with two attached hydrogens (primary N) is 3. The lowest BCUT2D eigenvalue weighted by molar-refractivity contribution is -0.149. The molecule has 3 aromatic carbocycles. The summed E-state index contributed by atoms with van der Waals surface area (Å²) in [6.45, 7) is 8.60. The smallest absolute Gasteiger partial charge is 0.246 e. The van der Waals surface area contributed by atoms with E-state index < -0.39 is 247 Å². The number of ketones is 3. The topological polar surface area (TPSA) is 590 Å². The number of nitrogens with one attached hydrogen (secondary N) is 10. The van der Waals surface area contributed by atoms with Gasteiger partial charge in [-0.15, -0.1) is 0 Å². The molecular formula is C96H133N19O20S. The number of aliphatic hydroxyl groups is 2. The number of H-pyrrole nitrogens is 3. The number of carbonyl (C=O) groups excluding carboxylic acids is 17. The first-order chi connectivity index (χ1) is 64.8. The van der Waals surface area contributed by atoms with E-state index in [1.54, 1.807) is 88.6 Å². The second-order valence-electron chi connectivity index (χ2n) is 37.4. The molecule has 4 fully saturated rings. The van der Waals surface area contributed by atoms with E-state index in [1.807, 2.05) is 13.8 Å². The Balaban J connectivity index is 1.02. The molecule has 4 aliphatic heterocycles. The molecule has 40 heteroatoms. The molecule has 10 rings (SSSR count). The summed E-state index contributed by atoms with van der Waals surface area (Å²) in [6.07, 6.45) is 3.38. The summed E-state index contributed by atoms with van der Waals surface area (Å²) in [5.74, 6) is -19.2. The SMILES string of the molecule is CCCC[C@H]1C(=O)N(C)[C@@H](CCCC)C(=O)N[C@@H](CCCN)C(=O)C[C@H](C(=O)NCC(N)=O)CSCC(=O)N[C@@H](Cc2ccc(O)cc2)C(=O)N2CCC(C)(C)[C@H]2C(=O)C[C@@H](CC(N)=O)C(=O)N2CCCC2C(=O)N[C@@H](Cc2cnc[nH]2)C(=O)C[C@@H](CC(C)C)C(=O)N2C[C@H](O)C[C@H]2C(=O)N[C@@H](Cc2c[nH]c3ccccc23)C(=O)N[C@@H](CO)C(=O)N[C@@H](Cc2c[nH]c3ccccc23)C(=O)N1C. The van der Waals surface area contributed by atoms with Gasteiger partial charge >= 0.3 is 0 Å². The zero-order valence-electron chi connectivity index (χ0n) is 78.6. The Morgan fingerprint density at radius 2 is 1.15 bits per heavy atom. The standard InChI is InChI=1S/C96H133N19O20S/c1-9-11-24-74-88(128)106-68(23-17-32-97)78(119)41-60(85(125)103-48-82(99)123)51-136-52-83(124)105-71(36-55-27-29-62(117)30-28-55)94(134)114-34-31-96(5,6)84(114)80(121)40-57(42-81(98)122)91(131)113-33-18-26-75(113)89(129)107-69(43-61-47-100-53-104-61)79(120)39-56(35-54(3)4)92(132)115-49-63(118)44-77(115)90(130)108-70(37-58-45-101-66-21-15-13-19-64(58)66)86(126)110-73(50-116)87(127)109-72(38-59-46-102-67-22-16-14-20-65(59)67)93(133)112(8)76(25-12-10-2)95(135)111(74)7/h13-16,19-22,27-30,45-47,53-54,56-57,60,63,68-77,84,101-102,116-118H,9-12,17-18,23-26,31-44,48-52,97H2,1-8H3,(H2,98,122)(H2,99,123)(H,100,104)(H,103,125)(H,105,124)(H,106,128)(H,107,129)(H,108,130)(H,109,127)(H,110,126)/t56-,57+,60+,63-,68+,69+,70+,71+,72+,73+,74+,75?,76+,77+,84-/m1/s1. The fraction of sp³-hybridized carbons (Fsp3) is 0.562. The minimum atomic E-state index is -1.87. The molecule has 0 radical (unpaired) electrons. The van der Waals surface area contributed by atoms with Gasteiger partial charge in [-0.1, -0.05) is 116 Å². The third-order valence-electron chi connectivity index (χ3n) is 26.2. The van der Waals surface area contributed by atoms with E-state index in [9.17, 15) is 39.3 Å². The fourth-order valence-corrected chi connectivity index (χ4v) is 19.8. The van der Waals surface area contributed by atoms with Crippen LogP contribution in [0.1, 0.15) is 173 Å². The highest BCUT2D eigenvalue weighted by Gasteiger charge is 2.51. The summed E-state index contributed by atoms with van der Waals surface area (Å²) in [4.78, 5) is 273. The average Bonchev–Trinajstić information content (AvgIpc) is 1.62. The van der Waals surface area contributed by atoms with Crippen molar-refractivity contribution in [3.63, 3.8) is 0 Å². The molecule has 738 valence electrons. The van der Waals surface area contributed by atoms with Gasteiger partial charge in [0, 0.05) is 149 Å². The normalized spacial score (nSPS) is 25.7. The van der Waals surface area contributed by atoms with Gasteiger partial charge in [0.25, 0.3) is 0 Å². The number of rotatable bonds is 25. The van der Waals surface area contributed by atoms with Crippen molar-refractivity contribution >= 4 is 134 Å². The highest BCUT2D eigenvalue weighted by molar-refractivity contribution is 7.99. The Morgan fingerprint density at radius 1 is 0.581 bits per heavy atom. The molecule has 14 amide bonds. The number of hydrogen-bond donors (Lipinski definition) is 16. The molecule has 0 saturated carbocycles. The molecule has 0 bridgehead atoms. The maximum atomic E-state index is 15.8. The van der Waals surface area contributed by atoms with Gasteiger partial charge in [0.15, 0.2) is 17.3 Å². The van der Waals surface area contributed by atoms with Crippen LogP contribution < -0.4 is 54.4 Å². The van der Waals surface area contributed by atoms with Gasteiger partial charge in [0.1, 0.15) is 54.1 Å². The number of para-hydroxylation sites is 2. The van der Waals surface area contributed by atoms with Crippen LogP contribution in [0.4, 0.5) is 0 Å². The average molecular weight is 1910 g/mol. The van der Waals surface area contributed by atoms with Crippen LogP contribution in [-0.2, 0) is 107 Å². The zero-order valence-corrected chi connectivity index (χ0v) is 79.4. The molecule has 6 aromatic rings. The van der Waals surface area contributed by atoms with Crippen LogP contribution in [0.2, 0.25) is 0 Å². The number of fused-ring (bicyclic) bond motifs is 5. The molecule has 3 aromatic heterocycles. The van der Waals surface area contributed by atoms with E-state index in [0.29, 0.717) is 69.9 Å². The number of primary amides is 2. The highest BCUT2D eigenvalue weighted by Crippen LogP contribution is 2.40. The van der Waals surface area contributed by atoms with Gasteiger partial charge in [0.2, 0.25) is 82.7 Å². The lowest BCUT2D eigenvalue weighted by Crippen LogP contribution is -2.61. The Bertz CT molecular complexity index is 5250. The van der Waals surface area contributed by atoms with Crippen molar-refractivity contribution in [1.82, 2.24) is 81.7 Å². The number of likely N-dealkylation sites (N-methyl/N-ethyl adjacent to an activating group) is 2. The van der Waals surface area contributed by atoms with Crippen molar-refractivity contribution < 1.29 is 96.8 Å². The van der Waals surface area contributed by atoms with Gasteiger partial charge in [-0.05, 0) is 110 Å². The molecule has 0 aliphatic carbocycles. The second-order valence-corrected chi connectivity index (χ2v) is 38.4. The number of thioether (sulfide) groups is 1. The van der Waals surface area contributed by atoms with Crippen molar-refractivity contribution in [3.8, 4) is 5.75 Å². The highest BCUT2D eigenvalue weighted by atomic mass is 32.2. The van der Waals surface area contributed by atoms with Gasteiger partial charge in [-0.25, -0.2) is 4.98 Å². The summed E-state index contributed by atoms with van der Waals surface area (Å²) in [7, 11) is 2.76. The van der Waals surface area contributed by atoms with Gasteiger partial charge in [-0.3, -0.25) is 81.5 Å². The van der Waals surface area contributed by atoms with E-state index in [4.69, 9.17) is 17.2 Å². The summed E-state index contributed by atoms with van der Waals surface area (Å²) in [5.41, 5.74) is 19.6. The quantitative estimate of drug-likeness (QED) is 0.0387. The first-order valence-electron chi connectivity index (χ1n) is 46.9. The van der Waals surface area contributed by atoms with Crippen LogP contribution in [-0.4, -0.2) is 297 Å². The van der Waals surface area contributed by atoms with Crippen molar-refractivity contribution in [1.29, 1.82) is 0 Å². The van der Waals surface area contributed by atoms with E-state index >= 15 is 57.5 Å². The predicted octanol–water partition coefficient (Wildman–Crippen LogP) is 1.60. The number of benzene rings is 3. The number of hydrogen-bond acceptors (Lipinski definition) is 23. The fourth-order valence-electron chi connectivity index (χ4n) is 18.9. The van der Waals surface area contributed by atoms with Gasteiger partial charge < -0.3 is 109 Å². The third kappa shape index (κ3) is 27.9. The third-order valence-corrected chi connectivity index (χ3v) is 27.3. The lowest BCUT2D eigenvalue weighted by Gasteiger charge is -2.36. The summed E-state index contributed by atoms with van der Waals surface area (Å²) < 4.78 is 0. The molecule has 1 unspecified atom stereocenters. The van der Waals surface area contributed by atoms with Gasteiger partial charge in [0.05, 0.1) is 61.3 Å². The van der Waals surface area contributed by atoms with Crippen molar-refractivity contribution in [2.45, 2.75) is 249 Å². The number of imidazole rings is 1. The maximum absolute atomic E-state index is 15.8. The number of phenols is 1. The van der Waals surface area contributed by atoms with Crippen LogP contribution in [0, 0.1) is 29.1 Å². The molecule has 7 heterocycles. The predicted molar refractivity (Wildman–Crippen MR) is 504 cm³/mol. The lowest BCUT2D eigenvalue weighted by atomic mass is 9.79. The van der Waals surface area contributed by atoms with Gasteiger partial charge in [-0.2, -0.15) is 11.8 Å². The summed E-state index contributed by atoms with van der Waals surface area (Å²) >= 11 is 0.874. The number of aromatic hydroxyl groups is 1. The van der Waals surface area contributed by atoms with Crippen LogP contribution >= 0.6 is 11.8 Å². The van der Waals surface area contributed by atoms with Crippen LogP contribution in [0.5, 0.6) is 5.75 Å². The molecular weight excluding hydrogens is 1770 g/mol. The number of aromatic amines is 3. The number of aliphatic hydroxyl groups excluding tert-OH is 2. The Kier molecular flexibility index (Phi) is 38.3. The van der Waals surface area contributed by atoms with Crippen LogP contribution in [0.25, 0.3) is 21.8 Å². The van der Waals surface area contributed by atoms with E-state index in [2.05, 4.69) is 57.2 Å². The maximum Gasteiger partial charge on any atom is 0.246 e. The number of nitrogens with zero attached hydrogens (tertiary/aromatic N) is 6. The molecule has 19 N–H and O–H groups in total. The minimum Gasteiger partial charge on any atom is -0.508 e. The number of amides is 14. The first-order valence-corrected chi connectivity index (χ1v) is 48.1.